The molecule has 1 N–H and O–H groups in total. The fraction of sp³-hybridized carbons (Fsp3) is 0.875. The molecule has 0 radical (unpaired) electrons. The highest BCUT2D eigenvalue weighted by molar-refractivity contribution is 4.80. The molecule has 1 saturated carbocycles. The fourth-order valence-electron chi connectivity index (χ4n) is 1.50. The van der Waals surface area contributed by atoms with Crippen molar-refractivity contribution in [2.75, 3.05) is 0 Å². The van der Waals surface area contributed by atoms with Crippen molar-refractivity contribution in [3.8, 4) is 6.19 Å². The first-order valence-corrected chi connectivity index (χ1v) is 3.97. The van der Waals surface area contributed by atoms with Crippen molar-refractivity contribution in [3.63, 3.8) is 0 Å². The predicted octanol–water partition coefficient (Wildman–Crippen LogP) is 1.64. The molecule has 0 saturated heterocycles. The van der Waals surface area contributed by atoms with Gasteiger partial charge in [-0.05, 0) is 31.6 Å². The van der Waals surface area contributed by atoms with Crippen molar-refractivity contribution in [3.05, 3.63) is 0 Å². The monoisotopic (exact) mass is 138 g/mol. The Hall–Kier alpha value is -0.710. The lowest BCUT2D eigenvalue weighted by atomic mass is 9.87. The zero-order valence-corrected chi connectivity index (χ0v) is 6.43. The van der Waals surface area contributed by atoms with Crippen LogP contribution < -0.4 is 5.32 Å². The largest absolute Gasteiger partial charge is 0.321 e. The van der Waals surface area contributed by atoms with Crippen molar-refractivity contribution >= 4 is 0 Å². The van der Waals surface area contributed by atoms with Crippen LogP contribution in [-0.2, 0) is 0 Å². The zero-order valence-electron chi connectivity index (χ0n) is 6.43. The highest BCUT2D eigenvalue weighted by Crippen LogP contribution is 2.22. The molecule has 0 aromatic carbocycles. The van der Waals surface area contributed by atoms with E-state index in [1.807, 2.05) is 6.19 Å². The number of hydrogen-bond donors (Lipinski definition) is 1. The lowest BCUT2D eigenvalue weighted by Crippen LogP contribution is -2.28. The van der Waals surface area contributed by atoms with E-state index in [9.17, 15) is 0 Å². The fourth-order valence-corrected chi connectivity index (χ4v) is 1.50. The van der Waals surface area contributed by atoms with Crippen LogP contribution in [0.3, 0.4) is 0 Å². The van der Waals surface area contributed by atoms with Crippen LogP contribution in [0.5, 0.6) is 0 Å². The van der Waals surface area contributed by atoms with Crippen molar-refractivity contribution in [1.82, 2.24) is 5.32 Å². The summed E-state index contributed by atoms with van der Waals surface area (Å²) in [5.74, 6) is 0.872. The van der Waals surface area contributed by atoms with Gasteiger partial charge in [0.05, 0.1) is 0 Å². The van der Waals surface area contributed by atoms with Gasteiger partial charge in [-0.2, -0.15) is 5.26 Å². The van der Waals surface area contributed by atoms with Crippen molar-refractivity contribution in [2.24, 2.45) is 5.92 Å². The van der Waals surface area contributed by atoms with Crippen molar-refractivity contribution < 1.29 is 0 Å². The molecule has 0 unspecified atom stereocenters. The van der Waals surface area contributed by atoms with Crippen molar-refractivity contribution in [1.29, 1.82) is 5.26 Å². The summed E-state index contributed by atoms with van der Waals surface area (Å²) in [6.07, 6.45) is 6.91. The maximum absolute atomic E-state index is 8.32. The molecule has 2 nitrogen and oxygen atoms in total. The van der Waals surface area contributed by atoms with Crippen LogP contribution in [0.1, 0.15) is 32.6 Å². The first-order chi connectivity index (χ1) is 4.83. The second-order valence-electron chi connectivity index (χ2n) is 3.21. The molecule has 0 spiro atoms. The third-order valence-electron chi connectivity index (χ3n) is 2.28. The molecule has 1 rings (SSSR count). The van der Waals surface area contributed by atoms with E-state index in [0.29, 0.717) is 6.04 Å². The second-order valence-corrected chi connectivity index (χ2v) is 3.21. The third kappa shape index (κ3) is 1.91. The Kier molecular flexibility index (Phi) is 2.56. The molecule has 0 aromatic rings. The Bertz CT molecular complexity index is 129. The van der Waals surface area contributed by atoms with Gasteiger partial charge in [0.15, 0.2) is 6.19 Å². The molecule has 0 atom stereocenters. The molecule has 1 aliphatic rings. The topological polar surface area (TPSA) is 35.8 Å². The summed E-state index contributed by atoms with van der Waals surface area (Å²) in [4.78, 5) is 0. The number of nitrogens with zero attached hydrogens (tertiary/aromatic N) is 1. The van der Waals surface area contributed by atoms with Crippen LogP contribution >= 0.6 is 0 Å². The SMILES string of the molecule is CC1CCC(NC#N)CC1. The van der Waals surface area contributed by atoms with Gasteiger partial charge in [0.25, 0.3) is 0 Å². The van der Waals surface area contributed by atoms with Crippen LogP contribution in [0.2, 0.25) is 0 Å². The lowest BCUT2D eigenvalue weighted by Gasteiger charge is -2.24. The molecule has 2 heteroatoms. The van der Waals surface area contributed by atoms with Crippen LogP contribution in [0.4, 0.5) is 0 Å². The summed E-state index contributed by atoms with van der Waals surface area (Å²) in [6.45, 7) is 2.28. The van der Waals surface area contributed by atoms with Gasteiger partial charge in [-0.1, -0.05) is 6.92 Å². The number of rotatable bonds is 1. The lowest BCUT2D eigenvalue weighted by molar-refractivity contribution is 0.327. The van der Waals surface area contributed by atoms with Gasteiger partial charge in [0, 0.05) is 6.04 Å². The summed E-state index contributed by atoms with van der Waals surface area (Å²) < 4.78 is 0. The molecule has 10 heavy (non-hydrogen) atoms. The minimum Gasteiger partial charge on any atom is -0.321 e. The minimum atomic E-state index is 0.473. The van der Waals surface area contributed by atoms with E-state index in [2.05, 4.69) is 12.2 Å². The minimum absolute atomic E-state index is 0.473. The van der Waals surface area contributed by atoms with E-state index in [1.165, 1.54) is 25.7 Å². The quantitative estimate of drug-likeness (QED) is 0.441. The van der Waals surface area contributed by atoms with Gasteiger partial charge in [0.2, 0.25) is 0 Å². The molecule has 0 aliphatic heterocycles. The summed E-state index contributed by atoms with van der Waals surface area (Å²) in [5, 5.41) is 11.1. The summed E-state index contributed by atoms with van der Waals surface area (Å²) >= 11 is 0. The van der Waals surface area contributed by atoms with E-state index >= 15 is 0 Å². The zero-order chi connectivity index (χ0) is 7.40. The van der Waals surface area contributed by atoms with Crippen LogP contribution in [-0.4, -0.2) is 6.04 Å². The Morgan fingerprint density at radius 3 is 2.40 bits per heavy atom. The summed E-state index contributed by atoms with van der Waals surface area (Å²) in [5.41, 5.74) is 0. The molecule has 0 aromatic heterocycles. The van der Waals surface area contributed by atoms with Gasteiger partial charge in [-0.15, -0.1) is 0 Å². The molecule has 0 amide bonds. The molecule has 1 fully saturated rings. The van der Waals surface area contributed by atoms with Gasteiger partial charge >= 0.3 is 0 Å². The number of hydrogen-bond acceptors (Lipinski definition) is 2. The first kappa shape index (κ1) is 7.40. The van der Waals surface area contributed by atoms with E-state index in [-0.39, 0.29) is 0 Å². The molecule has 0 bridgehead atoms. The van der Waals surface area contributed by atoms with Crippen LogP contribution in [0.15, 0.2) is 0 Å². The molecular weight excluding hydrogens is 124 g/mol. The Morgan fingerprint density at radius 1 is 1.30 bits per heavy atom. The Morgan fingerprint density at radius 2 is 1.90 bits per heavy atom. The number of nitrogens with one attached hydrogen (secondary N) is 1. The summed E-state index contributed by atoms with van der Waals surface area (Å²) in [6, 6.07) is 0.473. The van der Waals surface area contributed by atoms with Gasteiger partial charge in [-0.25, -0.2) is 0 Å². The van der Waals surface area contributed by atoms with Crippen molar-refractivity contribution in [2.45, 2.75) is 38.6 Å². The highest BCUT2D eigenvalue weighted by Gasteiger charge is 2.16. The Balaban J connectivity index is 2.21. The normalized spacial score (nSPS) is 32.8. The van der Waals surface area contributed by atoms with E-state index in [0.717, 1.165) is 5.92 Å². The predicted molar refractivity (Wildman–Crippen MR) is 40.2 cm³/mol. The van der Waals surface area contributed by atoms with E-state index in [1.54, 1.807) is 0 Å². The number of nitriles is 1. The van der Waals surface area contributed by atoms with E-state index in [4.69, 9.17) is 5.26 Å². The summed E-state index contributed by atoms with van der Waals surface area (Å²) in [7, 11) is 0. The van der Waals surface area contributed by atoms with Gasteiger partial charge in [-0.3, -0.25) is 0 Å². The maximum Gasteiger partial charge on any atom is 0.176 e. The second kappa shape index (κ2) is 3.46. The smallest absolute Gasteiger partial charge is 0.176 e. The average molecular weight is 138 g/mol. The van der Waals surface area contributed by atoms with E-state index < -0.39 is 0 Å². The van der Waals surface area contributed by atoms with Crippen LogP contribution in [0, 0.1) is 17.4 Å². The highest BCUT2D eigenvalue weighted by atomic mass is 14.9. The standard InChI is InChI=1S/C8H14N2/c1-7-2-4-8(5-3-7)10-6-9/h7-8,10H,2-5H2,1H3. The average Bonchev–Trinajstić information content (AvgIpc) is 1.95. The van der Waals surface area contributed by atoms with Gasteiger partial charge < -0.3 is 5.32 Å². The van der Waals surface area contributed by atoms with Gasteiger partial charge in [0.1, 0.15) is 0 Å². The molecule has 1 aliphatic carbocycles. The molecular formula is C8H14N2. The maximum atomic E-state index is 8.32. The first-order valence-electron chi connectivity index (χ1n) is 3.97. The van der Waals surface area contributed by atoms with Crippen LogP contribution in [0.25, 0.3) is 0 Å². The molecule has 0 heterocycles. The molecule has 56 valence electrons. The Labute approximate surface area is 62.2 Å². The third-order valence-corrected chi connectivity index (χ3v) is 2.28.